The first-order valence-electron chi connectivity index (χ1n) is 9.20. The van der Waals surface area contributed by atoms with E-state index in [4.69, 9.17) is 6.42 Å². The summed E-state index contributed by atoms with van der Waals surface area (Å²) in [4.78, 5) is 19.3. The van der Waals surface area contributed by atoms with E-state index in [2.05, 4.69) is 27.8 Å². The summed E-state index contributed by atoms with van der Waals surface area (Å²) in [5.74, 6) is 8.76. The Hall–Kier alpha value is -3.57. The number of carbonyl (C=O) groups excluding carboxylic acids is 1. The number of terminal acetylenes is 1. The highest BCUT2D eigenvalue weighted by molar-refractivity contribution is 6.11. The molecule has 0 unspecified atom stereocenters. The third kappa shape index (κ3) is 3.02. The molecule has 28 heavy (non-hydrogen) atoms. The summed E-state index contributed by atoms with van der Waals surface area (Å²) in [6, 6.07) is 7.77. The van der Waals surface area contributed by atoms with Gasteiger partial charge in [-0.05, 0) is 73.9 Å². The molecule has 5 heteroatoms. The predicted octanol–water partition coefficient (Wildman–Crippen LogP) is 3.82. The van der Waals surface area contributed by atoms with Crippen molar-refractivity contribution in [2.75, 3.05) is 4.90 Å². The number of aryl methyl sites for hydroxylation is 2. The van der Waals surface area contributed by atoms with Gasteiger partial charge < -0.3 is 0 Å². The number of rotatable bonds is 3. The van der Waals surface area contributed by atoms with Crippen LogP contribution in [-0.4, -0.2) is 20.7 Å². The Morgan fingerprint density at radius 1 is 1.32 bits per heavy atom. The largest absolute Gasteiger partial charge is 0.308 e. The minimum absolute atomic E-state index is 0.312. The van der Waals surface area contributed by atoms with Crippen molar-refractivity contribution < 1.29 is 4.79 Å². The molecule has 4 rings (SSSR count). The minimum atomic E-state index is -0.312. The molecule has 1 aliphatic carbocycles. The molecular formula is C23H20N4O. The van der Waals surface area contributed by atoms with E-state index in [9.17, 15) is 4.79 Å². The Balaban J connectivity index is 1.93. The smallest absolute Gasteiger partial charge is 0.266 e. The lowest BCUT2D eigenvalue weighted by atomic mass is 9.99. The summed E-state index contributed by atoms with van der Waals surface area (Å²) in [7, 11) is 1.86. The van der Waals surface area contributed by atoms with Gasteiger partial charge in [-0.15, -0.1) is 6.42 Å². The van der Waals surface area contributed by atoms with E-state index in [1.54, 1.807) is 22.7 Å². The number of hydrogen-bond acceptors (Lipinski definition) is 3. The maximum absolute atomic E-state index is 13.0. The van der Waals surface area contributed by atoms with E-state index < -0.39 is 0 Å². The highest BCUT2D eigenvalue weighted by atomic mass is 16.2. The highest BCUT2D eigenvalue weighted by Gasteiger charge is 2.31. The summed E-state index contributed by atoms with van der Waals surface area (Å²) >= 11 is 0. The normalized spacial score (nSPS) is 12.9. The van der Waals surface area contributed by atoms with Gasteiger partial charge in [-0.25, -0.2) is 4.98 Å². The van der Waals surface area contributed by atoms with Crippen LogP contribution in [0.5, 0.6) is 0 Å². The molecule has 1 saturated carbocycles. The Morgan fingerprint density at radius 3 is 2.79 bits per heavy atom. The molecule has 1 aliphatic rings. The molecule has 0 saturated heterocycles. The second kappa shape index (κ2) is 6.87. The van der Waals surface area contributed by atoms with Crippen molar-refractivity contribution >= 4 is 28.4 Å². The van der Waals surface area contributed by atoms with Gasteiger partial charge >= 0.3 is 5.91 Å². The fraction of sp³-hybridized carbons (Fsp3) is 0.261. The van der Waals surface area contributed by atoms with Gasteiger partial charge in [0.2, 0.25) is 0 Å². The Bertz CT molecular complexity index is 1200. The number of fused-ring (bicyclic) bond motifs is 1. The number of nitrogens with zero attached hydrogens (tertiary/aromatic N) is 4. The second-order valence-electron chi connectivity index (χ2n) is 7.00. The van der Waals surface area contributed by atoms with E-state index in [1.165, 1.54) is 0 Å². The van der Waals surface area contributed by atoms with Crippen molar-refractivity contribution in [2.24, 2.45) is 7.05 Å². The Morgan fingerprint density at radius 2 is 2.11 bits per heavy atom. The van der Waals surface area contributed by atoms with Crippen LogP contribution in [-0.2, 0) is 11.8 Å². The van der Waals surface area contributed by atoms with Gasteiger partial charge in [-0.3, -0.25) is 14.4 Å². The number of carbonyl (C=O) groups is 1. The van der Waals surface area contributed by atoms with Crippen molar-refractivity contribution in [1.29, 1.82) is 0 Å². The van der Waals surface area contributed by atoms with Crippen molar-refractivity contribution in [3.8, 4) is 24.2 Å². The summed E-state index contributed by atoms with van der Waals surface area (Å²) in [5, 5.41) is 4.24. The summed E-state index contributed by atoms with van der Waals surface area (Å²) in [6.07, 6.45) is 9.56. The molecule has 1 amide bonds. The lowest BCUT2D eigenvalue weighted by Gasteiger charge is -2.24. The molecular weight excluding hydrogens is 348 g/mol. The van der Waals surface area contributed by atoms with Crippen LogP contribution < -0.4 is 4.90 Å². The zero-order valence-electron chi connectivity index (χ0n) is 16.2. The van der Waals surface area contributed by atoms with Crippen molar-refractivity contribution in [3.63, 3.8) is 0 Å². The number of aromatic nitrogens is 3. The van der Waals surface area contributed by atoms with Crippen LogP contribution in [0, 0.1) is 31.1 Å². The van der Waals surface area contributed by atoms with E-state index in [0.29, 0.717) is 11.7 Å². The molecule has 0 spiro atoms. The zero-order chi connectivity index (χ0) is 19.8. The Kier molecular flexibility index (Phi) is 4.37. The minimum Gasteiger partial charge on any atom is -0.266 e. The molecule has 2 heterocycles. The lowest BCUT2D eigenvalue weighted by molar-refractivity contribution is -0.112. The number of anilines is 2. The molecule has 0 N–H and O–H groups in total. The highest BCUT2D eigenvalue weighted by Crippen LogP contribution is 2.46. The Labute approximate surface area is 164 Å². The van der Waals surface area contributed by atoms with Crippen LogP contribution >= 0.6 is 0 Å². The lowest BCUT2D eigenvalue weighted by Crippen LogP contribution is -2.26. The third-order valence-corrected chi connectivity index (χ3v) is 5.04. The molecule has 2 aromatic heterocycles. The van der Waals surface area contributed by atoms with E-state index in [0.717, 1.165) is 46.3 Å². The zero-order valence-corrected chi connectivity index (χ0v) is 16.2. The van der Waals surface area contributed by atoms with Crippen LogP contribution in [0.2, 0.25) is 0 Å². The van der Waals surface area contributed by atoms with E-state index in [-0.39, 0.29) is 5.91 Å². The molecule has 0 bridgehead atoms. The number of pyridine rings is 1. The average molecular weight is 368 g/mol. The average Bonchev–Trinajstić information content (AvgIpc) is 3.46. The van der Waals surface area contributed by atoms with Crippen molar-refractivity contribution in [1.82, 2.24) is 14.8 Å². The van der Waals surface area contributed by atoms with Crippen LogP contribution in [0.4, 0.5) is 11.5 Å². The number of benzene rings is 1. The first-order chi connectivity index (χ1) is 13.5. The van der Waals surface area contributed by atoms with Crippen LogP contribution in [0.25, 0.3) is 11.0 Å². The maximum atomic E-state index is 13.0. The molecule has 0 aliphatic heterocycles. The molecule has 3 aromatic rings. The van der Waals surface area contributed by atoms with Gasteiger partial charge in [-0.2, -0.15) is 5.10 Å². The monoisotopic (exact) mass is 368 g/mol. The van der Waals surface area contributed by atoms with Gasteiger partial charge in [0.25, 0.3) is 0 Å². The third-order valence-electron chi connectivity index (χ3n) is 5.04. The van der Waals surface area contributed by atoms with Gasteiger partial charge in [0.1, 0.15) is 11.3 Å². The molecule has 0 radical (unpaired) electrons. The predicted molar refractivity (Wildman–Crippen MR) is 110 cm³/mol. The van der Waals surface area contributed by atoms with Gasteiger partial charge in [0.05, 0.1) is 17.4 Å². The summed E-state index contributed by atoms with van der Waals surface area (Å²) in [5.41, 5.74) is 5.33. The maximum Gasteiger partial charge on any atom is 0.308 e. The first-order valence-corrected chi connectivity index (χ1v) is 9.20. The standard InChI is InChI=1S/C23H20N4O/c1-5-7-23(28)27(22-11-10-20-19(25-22)14-24-26(20)4)21-12-15(3)16(6-2)13-18(21)17-8-9-17/h2,10-14,17H,8-9H2,1,3-4H3. The van der Waals surface area contributed by atoms with Crippen molar-refractivity contribution in [3.05, 3.63) is 47.2 Å². The fourth-order valence-corrected chi connectivity index (χ4v) is 3.43. The fourth-order valence-electron chi connectivity index (χ4n) is 3.43. The van der Waals surface area contributed by atoms with Gasteiger partial charge in [0.15, 0.2) is 0 Å². The second-order valence-corrected chi connectivity index (χ2v) is 7.00. The van der Waals surface area contributed by atoms with Gasteiger partial charge in [-0.1, -0.05) is 11.8 Å². The van der Waals surface area contributed by atoms with E-state index in [1.807, 2.05) is 38.2 Å². The quantitative estimate of drug-likeness (QED) is 0.661. The first kappa shape index (κ1) is 17.8. The molecule has 5 nitrogen and oxygen atoms in total. The van der Waals surface area contributed by atoms with Crippen LogP contribution in [0.3, 0.4) is 0 Å². The molecule has 1 fully saturated rings. The van der Waals surface area contributed by atoms with Crippen molar-refractivity contribution in [2.45, 2.75) is 32.6 Å². The summed E-state index contributed by atoms with van der Waals surface area (Å²) < 4.78 is 1.76. The van der Waals surface area contributed by atoms with Crippen LogP contribution in [0.1, 0.15) is 42.4 Å². The topological polar surface area (TPSA) is 51.0 Å². The summed E-state index contributed by atoms with van der Waals surface area (Å²) in [6.45, 7) is 3.61. The molecule has 0 atom stereocenters. The SMILES string of the molecule is C#Cc1cc(C2CC2)c(N(C(=O)C#CC)c2ccc3c(cnn3C)n2)cc1C. The van der Waals surface area contributed by atoms with Gasteiger partial charge in [0, 0.05) is 12.6 Å². The molecule has 1 aromatic carbocycles. The molecule has 138 valence electrons. The number of hydrogen-bond donors (Lipinski definition) is 0. The van der Waals surface area contributed by atoms with Crippen LogP contribution in [0.15, 0.2) is 30.5 Å². The number of amides is 1. The van der Waals surface area contributed by atoms with E-state index >= 15 is 0 Å².